The third-order valence-electron chi connectivity index (χ3n) is 1.43. The molecule has 0 saturated heterocycles. The Bertz CT molecular complexity index is 309. The molecular formula is C9H10N2O2. The molecule has 1 aromatic carbocycles. The summed E-state index contributed by atoms with van der Waals surface area (Å²) in [6, 6.07) is 9.21. The normalized spacial score (nSPS) is 9.23. The molecule has 0 aliphatic carbocycles. The van der Waals surface area contributed by atoms with E-state index in [0.29, 0.717) is 0 Å². The second-order valence-corrected chi connectivity index (χ2v) is 2.48. The van der Waals surface area contributed by atoms with Gasteiger partial charge in [0.2, 0.25) is 5.84 Å². The number of benzene rings is 1. The fraction of sp³-hybridized carbons (Fsp3) is 0.111. The Morgan fingerprint density at radius 1 is 1.38 bits per heavy atom. The standard InChI is InChI=1S/C9H10N2O2/c10-8(11)9(12)13-6-7-4-2-1-3-5-7/h1-5H,6H2,(H3,10,11). The van der Waals surface area contributed by atoms with Gasteiger partial charge in [-0.2, -0.15) is 0 Å². The van der Waals surface area contributed by atoms with Gasteiger partial charge in [0, 0.05) is 0 Å². The first kappa shape index (κ1) is 9.25. The van der Waals surface area contributed by atoms with Crippen molar-refractivity contribution in [2.75, 3.05) is 0 Å². The van der Waals surface area contributed by atoms with Crippen LogP contribution in [0.25, 0.3) is 0 Å². The van der Waals surface area contributed by atoms with Crippen LogP contribution in [-0.4, -0.2) is 11.8 Å². The van der Waals surface area contributed by atoms with Crippen molar-refractivity contribution in [2.24, 2.45) is 5.73 Å². The van der Waals surface area contributed by atoms with Crippen LogP contribution >= 0.6 is 0 Å². The molecule has 0 aliphatic rings. The molecule has 0 bridgehead atoms. The van der Waals surface area contributed by atoms with Gasteiger partial charge in [-0.25, -0.2) is 4.79 Å². The molecule has 0 radical (unpaired) electrons. The highest BCUT2D eigenvalue weighted by molar-refractivity contribution is 6.33. The number of rotatable bonds is 2. The Labute approximate surface area is 75.8 Å². The number of nitrogens with one attached hydrogen (secondary N) is 1. The van der Waals surface area contributed by atoms with E-state index in [4.69, 9.17) is 15.9 Å². The average molecular weight is 178 g/mol. The number of carbonyl (C=O) groups excluding carboxylic acids is 1. The first-order valence-electron chi connectivity index (χ1n) is 3.75. The van der Waals surface area contributed by atoms with Crippen molar-refractivity contribution in [3.05, 3.63) is 35.9 Å². The van der Waals surface area contributed by atoms with Gasteiger partial charge in [-0.15, -0.1) is 0 Å². The zero-order valence-electron chi connectivity index (χ0n) is 6.99. The fourth-order valence-corrected chi connectivity index (χ4v) is 0.801. The SMILES string of the molecule is N=C(N)C(=O)OCc1ccccc1. The summed E-state index contributed by atoms with van der Waals surface area (Å²) in [6.45, 7) is 0.152. The number of nitrogens with two attached hydrogens (primary N) is 1. The minimum absolute atomic E-state index is 0.152. The highest BCUT2D eigenvalue weighted by Gasteiger charge is 2.05. The molecule has 0 fully saturated rings. The van der Waals surface area contributed by atoms with E-state index >= 15 is 0 Å². The number of hydrogen-bond acceptors (Lipinski definition) is 3. The maximum absolute atomic E-state index is 10.7. The molecule has 4 heteroatoms. The van der Waals surface area contributed by atoms with Crippen molar-refractivity contribution in [2.45, 2.75) is 6.61 Å². The molecular weight excluding hydrogens is 168 g/mol. The maximum Gasteiger partial charge on any atom is 0.373 e. The molecule has 1 aromatic rings. The van der Waals surface area contributed by atoms with E-state index in [1.54, 1.807) is 0 Å². The van der Waals surface area contributed by atoms with Crippen molar-refractivity contribution in [3.63, 3.8) is 0 Å². The lowest BCUT2D eigenvalue weighted by Gasteiger charge is -2.02. The van der Waals surface area contributed by atoms with Gasteiger partial charge in [-0.05, 0) is 5.56 Å². The summed E-state index contributed by atoms with van der Waals surface area (Å²) < 4.78 is 4.70. The zero-order valence-corrected chi connectivity index (χ0v) is 6.99. The highest BCUT2D eigenvalue weighted by atomic mass is 16.5. The molecule has 0 saturated carbocycles. The van der Waals surface area contributed by atoms with Crippen LogP contribution in [0, 0.1) is 5.41 Å². The second-order valence-electron chi connectivity index (χ2n) is 2.48. The van der Waals surface area contributed by atoms with E-state index in [1.165, 1.54) is 0 Å². The van der Waals surface area contributed by atoms with Crippen molar-refractivity contribution in [1.82, 2.24) is 0 Å². The molecule has 4 nitrogen and oxygen atoms in total. The molecule has 3 N–H and O–H groups in total. The molecule has 0 amide bonds. The summed E-state index contributed by atoms with van der Waals surface area (Å²) in [5.41, 5.74) is 5.78. The summed E-state index contributed by atoms with van der Waals surface area (Å²) in [7, 11) is 0. The van der Waals surface area contributed by atoms with Gasteiger partial charge in [0.15, 0.2) is 0 Å². The Morgan fingerprint density at radius 3 is 2.54 bits per heavy atom. The quantitative estimate of drug-likeness (QED) is 0.397. The highest BCUT2D eigenvalue weighted by Crippen LogP contribution is 2.00. The Morgan fingerprint density at radius 2 is 2.00 bits per heavy atom. The van der Waals surface area contributed by atoms with Crippen LogP contribution in [0.5, 0.6) is 0 Å². The van der Waals surface area contributed by atoms with Gasteiger partial charge in [-0.1, -0.05) is 30.3 Å². The van der Waals surface area contributed by atoms with Crippen LogP contribution in [0.15, 0.2) is 30.3 Å². The van der Waals surface area contributed by atoms with E-state index in [-0.39, 0.29) is 6.61 Å². The third-order valence-corrected chi connectivity index (χ3v) is 1.43. The maximum atomic E-state index is 10.7. The van der Waals surface area contributed by atoms with Crippen molar-refractivity contribution in [1.29, 1.82) is 5.41 Å². The Kier molecular flexibility index (Phi) is 3.03. The summed E-state index contributed by atoms with van der Waals surface area (Å²) in [6.07, 6.45) is 0. The van der Waals surface area contributed by atoms with Crippen LogP contribution < -0.4 is 5.73 Å². The van der Waals surface area contributed by atoms with E-state index in [2.05, 4.69) is 0 Å². The minimum Gasteiger partial charge on any atom is -0.455 e. The number of amidine groups is 1. The van der Waals surface area contributed by atoms with E-state index in [1.807, 2.05) is 30.3 Å². The predicted molar refractivity (Wildman–Crippen MR) is 48.2 cm³/mol. The largest absolute Gasteiger partial charge is 0.455 e. The van der Waals surface area contributed by atoms with Crippen LogP contribution in [0.2, 0.25) is 0 Å². The van der Waals surface area contributed by atoms with Crippen LogP contribution in [0.1, 0.15) is 5.56 Å². The number of esters is 1. The van der Waals surface area contributed by atoms with E-state index < -0.39 is 11.8 Å². The van der Waals surface area contributed by atoms with Crippen LogP contribution in [0.3, 0.4) is 0 Å². The van der Waals surface area contributed by atoms with Gasteiger partial charge < -0.3 is 10.5 Å². The monoisotopic (exact) mass is 178 g/mol. The molecule has 0 aromatic heterocycles. The van der Waals surface area contributed by atoms with Crippen LogP contribution in [-0.2, 0) is 16.1 Å². The number of hydrogen-bond donors (Lipinski definition) is 2. The lowest BCUT2D eigenvalue weighted by molar-refractivity contribution is -0.136. The molecule has 0 aliphatic heterocycles. The summed E-state index contributed by atoms with van der Waals surface area (Å²) in [4.78, 5) is 10.7. The van der Waals surface area contributed by atoms with Crippen molar-refractivity contribution in [3.8, 4) is 0 Å². The third kappa shape index (κ3) is 2.94. The molecule has 1 rings (SSSR count). The average Bonchev–Trinajstić information content (AvgIpc) is 2.15. The molecule has 0 atom stereocenters. The summed E-state index contributed by atoms with van der Waals surface area (Å²) in [5, 5.41) is 6.77. The fourth-order valence-electron chi connectivity index (χ4n) is 0.801. The predicted octanol–water partition coefficient (Wildman–Crippen LogP) is 0.666. The first-order valence-corrected chi connectivity index (χ1v) is 3.75. The molecule has 68 valence electrons. The van der Waals surface area contributed by atoms with E-state index in [9.17, 15) is 4.79 Å². The lowest BCUT2D eigenvalue weighted by atomic mass is 10.2. The Balaban J connectivity index is 2.44. The molecule has 13 heavy (non-hydrogen) atoms. The second kappa shape index (κ2) is 4.25. The van der Waals surface area contributed by atoms with Gasteiger partial charge in [0.05, 0.1) is 0 Å². The molecule has 0 heterocycles. The van der Waals surface area contributed by atoms with Gasteiger partial charge in [0.1, 0.15) is 6.61 Å². The first-order chi connectivity index (χ1) is 6.20. The molecule has 0 unspecified atom stereocenters. The van der Waals surface area contributed by atoms with Gasteiger partial charge >= 0.3 is 5.97 Å². The Hall–Kier alpha value is -1.84. The minimum atomic E-state index is -0.788. The van der Waals surface area contributed by atoms with Crippen LogP contribution in [0.4, 0.5) is 0 Å². The molecule has 0 spiro atoms. The summed E-state index contributed by atoms with van der Waals surface area (Å²) in [5.74, 6) is -1.36. The lowest BCUT2D eigenvalue weighted by Crippen LogP contribution is -2.24. The number of ether oxygens (including phenoxy) is 1. The van der Waals surface area contributed by atoms with Gasteiger partial charge in [-0.3, -0.25) is 5.41 Å². The summed E-state index contributed by atoms with van der Waals surface area (Å²) >= 11 is 0. The van der Waals surface area contributed by atoms with E-state index in [0.717, 1.165) is 5.56 Å². The van der Waals surface area contributed by atoms with Crippen molar-refractivity contribution < 1.29 is 9.53 Å². The smallest absolute Gasteiger partial charge is 0.373 e. The topological polar surface area (TPSA) is 76.2 Å². The number of carbonyl (C=O) groups is 1. The van der Waals surface area contributed by atoms with Crippen molar-refractivity contribution >= 4 is 11.8 Å². The zero-order chi connectivity index (χ0) is 9.68. The van der Waals surface area contributed by atoms with Gasteiger partial charge in [0.25, 0.3) is 0 Å².